The molecule has 0 fully saturated rings. The Labute approximate surface area is 135 Å². The molecule has 7 heteroatoms. The summed E-state index contributed by atoms with van der Waals surface area (Å²) in [4.78, 5) is 4.33. The molecule has 0 spiro atoms. The normalized spacial score (nSPS) is 11.8. The number of aryl methyl sites for hydroxylation is 2. The van der Waals surface area contributed by atoms with Gasteiger partial charge in [0.15, 0.2) is 17.4 Å². The zero-order chi connectivity index (χ0) is 15.2. The van der Waals surface area contributed by atoms with E-state index in [9.17, 15) is 4.39 Å². The molecule has 5 nitrogen and oxygen atoms in total. The van der Waals surface area contributed by atoms with E-state index in [4.69, 9.17) is 9.26 Å². The molecule has 2 aromatic rings. The molecule has 0 saturated heterocycles. The van der Waals surface area contributed by atoms with Gasteiger partial charge in [0.2, 0.25) is 5.89 Å². The van der Waals surface area contributed by atoms with E-state index in [2.05, 4.69) is 22.4 Å². The van der Waals surface area contributed by atoms with Crippen LogP contribution in [0.2, 0.25) is 0 Å². The Hall–Kier alpha value is -1.66. The lowest BCUT2D eigenvalue weighted by molar-refractivity contribution is 0.370. The van der Waals surface area contributed by atoms with Crippen LogP contribution in [0.25, 0.3) is 0 Å². The lowest BCUT2D eigenvalue weighted by Gasteiger charge is -2.05. The molecule has 1 aromatic heterocycles. The molecule has 1 aromatic carbocycles. The highest BCUT2D eigenvalue weighted by molar-refractivity contribution is 5.85. The van der Waals surface area contributed by atoms with Crippen molar-refractivity contribution in [1.82, 2.24) is 15.5 Å². The van der Waals surface area contributed by atoms with Crippen molar-refractivity contribution in [1.29, 1.82) is 0 Å². The quantitative estimate of drug-likeness (QED) is 0.846. The average Bonchev–Trinajstić information content (AvgIpc) is 2.92. The topological polar surface area (TPSA) is 60.2 Å². The third kappa shape index (κ3) is 4.96. The summed E-state index contributed by atoms with van der Waals surface area (Å²) < 4.78 is 23.7. The third-order valence-electron chi connectivity index (χ3n) is 3.34. The second-order valence-electron chi connectivity index (χ2n) is 4.97. The van der Waals surface area contributed by atoms with Crippen LogP contribution in [0.15, 0.2) is 22.7 Å². The summed E-state index contributed by atoms with van der Waals surface area (Å²) in [6.45, 7) is 2.05. The zero-order valence-electron chi connectivity index (χ0n) is 12.9. The third-order valence-corrected chi connectivity index (χ3v) is 3.34. The fraction of sp³-hybridized carbons (Fsp3) is 0.467. The van der Waals surface area contributed by atoms with Crippen LogP contribution in [0.3, 0.4) is 0 Å². The molecule has 0 bridgehead atoms. The number of methoxy groups -OCH3 is 1. The maximum Gasteiger partial charge on any atom is 0.226 e. The fourth-order valence-corrected chi connectivity index (χ4v) is 1.97. The number of rotatable bonds is 7. The van der Waals surface area contributed by atoms with Crippen molar-refractivity contribution < 1.29 is 13.7 Å². The van der Waals surface area contributed by atoms with Gasteiger partial charge in [-0.05, 0) is 38.1 Å². The van der Waals surface area contributed by atoms with Crippen molar-refractivity contribution in [2.75, 3.05) is 14.2 Å². The van der Waals surface area contributed by atoms with Gasteiger partial charge in [0.05, 0.1) is 7.11 Å². The monoisotopic (exact) mass is 329 g/mol. The molecular weight excluding hydrogens is 309 g/mol. The molecule has 0 aliphatic rings. The van der Waals surface area contributed by atoms with E-state index >= 15 is 0 Å². The molecule has 1 heterocycles. The van der Waals surface area contributed by atoms with Crippen LogP contribution in [-0.2, 0) is 19.3 Å². The molecule has 0 aliphatic carbocycles. The summed E-state index contributed by atoms with van der Waals surface area (Å²) in [6.07, 6.45) is 1.95. The molecule has 22 heavy (non-hydrogen) atoms. The summed E-state index contributed by atoms with van der Waals surface area (Å²) >= 11 is 0. The number of nitrogens with zero attached hydrogens (tertiary/aromatic N) is 2. The highest BCUT2D eigenvalue weighted by atomic mass is 35.5. The van der Waals surface area contributed by atoms with Gasteiger partial charge in [0, 0.05) is 18.9 Å². The van der Waals surface area contributed by atoms with E-state index in [1.165, 1.54) is 13.2 Å². The van der Waals surface area contributed by atoms with Gasteiger partial charge in [-0.2, -0.15) is 4.98 Å². The zero-order valence-corrected chi connectivity index (χ0v) is 13.7. The van der Waals surface area contributed by atoms with E-state index in [0.717, 1.165) is 12.0 Å². The smallest absolute Gasteiger partial charge is 0.226 e. The van der Waals surface area contributed by atoms with Gasteiger partial charge in [-0.15, -0.1) is 12.4 Å². The summed E-state index contributed by atoms with van der Waals surface area (Å²) in [5, 5.41) is 7.06. The molecule has 1 N–H and O–H groups in total. The van der Waals surface area contributed by atoms with Gasteiger partial charge in [-0.1, -0.05) is 11.2 Å². The van der Waals surface area contributed by atoms with Gasteiger partial charge in [-0.25, -0.2) is 4.39 Å². The van der Waals surface area contributed by atoms with Crippen LogP contribution >= 0.6 is 12.4 Å². The van der Waals surface area contributed by atoms with Crippen LogP contribution < -0.4 is 10.1 Å². The molecule has 1 atom stereocenters. The van der Waals surface area contributed by atoms with Crippen molar-refractivity contribution in [3.05, 3.63) is 41.3 Å². The van der Waals surface area contributed by atoms with E-state index < -0.39 is 0 Å². The van der Waals surface area contributed by atoms with E-state index in [0.29, 0.717) is 30.6 Å². The van der Waals surface area contributed by atoms with E-state index in [-0.39, 0.29) is 24.0 Å². The van der Waals surface area contributed by atoms with Gasteiger partial charge >= 0.3 is 0 Å². The number of hydrogen-bond donors (Lipinski definition) is 1. The number of likely N-dealkylation sites (N-methyl/N-ethyl adjacent to an activating group) is 1. The number of nitrogens with one attached hydrogen (secondary N) is 1. The molecule has 0 radical (unpaired) electrons. The first kappa shape index (κ1) is 18.4. The Bertz CT molecular complexity index is 592. The minimum Gasteiger partial charge on any atom is -0.494 e. The van der Waals surface area contributed by atoms with Crippen LogP contribution in [0.5, 0.6) is 5.75 Å². The Morgan fingerprint density at radius 3 is 2.77 bits per heavy atom. The lowest BCUT2D eigenvalue weighted by Crippen LogP contribution is -2.24. The molecule has 1 unspecified atom stereocenters. The van der Waals surface area contributed by atoms with Crippen molar-refractivity contribution >= 4 is 12.4 Å². The number of benzene rings is 1. The van der Waals surface area contributed by atoms with Crippen molar-refractivity contribution in [2.24, 2.45) is 0 Å². The summed E-state index contributed by atoms with van der Waals surface area (Å²) in [5.74, 6) is 1.15. The molecule has 0 amide bonds. The summed E-state index contributed by atoms with van der Waals surface area (Å²) in [6, 6.07) is 5.23. The highest BCUT2D eigenvalue weighted by Crippen LogP contribution is 2.18. The first-order chi connectivity index (χ1) is 10.1. The Balaban J connectivity index is 0.00000242. The maximum atomic E-state index is 13.6. The minimum atomic E-state index is -0.357. The van der Waals surface area contributed by atoms with Crippen molar-refractivity contribution in [2.45, 2.75) is 32.2 Å². The SMILES string of the molecule is CNC(C)Cc1noc(CCc2ccc(OC)c(F)c2)n1.Cl. The predicted molar refractivity (Wildman–Crippen MR) is 84.1 cm³/mol. The second-order valence-corrected chi connectivity index (χ2v) is 4.97. The maximum absolute atomic E-state index is 13.6. The van der Waals surface area contributed by atoms with E-state index in [1.807, 2.05) is 13.1 Å². The number of ether oxygens (including phenoxy) is 1. The largest absolute Gasteiger partial charge is 0.494 e. The standard InChI is InChI=1S/C15H20FN3O2.ClH/c1-10(17-2)8-14-18-15(21-19-14)7-5-11-4-6-13(20-3)12(16)9-11;/h4,6,9-10,17H,5,7-8H2,1-3H3;1H. The summed E-state index contributed by atoms with van der Waals surface area (Å²) in [5.41, 5.74) is 0.872. The van der Waals surface area contributed by atoms with Gasteiger partial charge in [0.25, 0.3) is 0 Å². The van der Waals surface area contributed by atoms with Crippen LogP contribution in [0.1, 0.15) is 24.2 Å². The minimum absolute atomic E-state index is 0. The summed E-state index contributed by atoms with van der Waals surface area (Å²) in [7, 11) is 3.34. The van der Waals surface area contributed by atoms with Crippen LogP contribution in [0.4, 0.5) is 4.39 Å². The van der Waals surface area contributed by atoms with Crippen LogP contribution in [-0.4, -0.2) is 30.3 Å². The van der Waals surface area contributed by atoms with Gasteiger partial charge in [-0.3, -0.25) is 0 Å². The Morgan fingerprint density at radius 2 is 2.14 bits per heavy atom. The Morgan fingerprint density at radius 1 is 1.36 bits per heavy atom. The van der Waals surface area contributed by atoms with Gasteiger partial charge < -0.3 is 14.6 Å². The first-order valence-electron chi connectivity index (χ1n) is 6.93. The lowest BCUT2D eigenvalue weighted by atomic mass is 10.1. The number of aromatic nitrogens is 2. The van der Waals surface area contributed by atoms with Gasteiger partial charge in [0.1, 0.15) is 0 Å². The number of halogens is 2. The average molecular weight is 330 g/mol. The molecular formula is C15H21ClFN3O2. The van der Waals surface area contributed by atoms with E-state index in [1.54, 1.807) is 6.07 Å². The fourth-order valence-electron chi connectivity index (χ4n) is 1.97. The molecule has 0 aliphatic heterocycles. The predicted octanol–water partition coefficient (Wildman–Crippen LogP) is 2.57. The van der Waals surface area contributed by atoms with Crippen molar-refractivity contribution in [3.63, 3.8) is 0 Å². The first-order valence-corrected chi connectivity index (χ1v) is 6.93. The van der Waals surface area contributed by atoms with Crippen LogP contribution in [0, 0.1) is 5.82 Å². The number of hydrogen-bond acceptors (Lipinski definition) is 5. The highest BCUT2D eigenvalue weighted by Gasteiger charge is 2.10. The molecule has 122 valence electrons. The second kappa shape index (κ2) is 8.70. The Kier molecular flexibility index (Phi) is 7.27. The van der Waals surface area contributed by atoms with Crippen molar-refractivity contribution in [3.8, 4) is 5.75 Å². The molecule has 2 rings (SSSR count). The molecule has 0 saturated carbocycles.